The van der Waals surface area contributed by atoms with E-state index >= 15 is 0 Å². The van der Waals surface area contributed by atoms with Gasteiger partial charge in [0.05, 0.1) is 11.6 Å². The zero-order valence-corrected chi connectivity index (χ0v) is 17.3. The van der Waals surface area contributed by atoms with Crippen LogP contribution in [0.4, 0.5) is 5.69 Å². The Labute approximate surface area is 173 Å². The summed E-state index contributed by atoms with van der Waals surface area (Å²) in [4.78, 5) is 16.8. The number of thiophene rings is 2. The average molecular weight is 444 g/mol. The minimum atomic E-state index is -3.33. The summed E-state index contributed by atoms with van der Waals surface area (Å²) in [6.07, 6.45) is 1.10. The Balaban J connectivity index is 1.73. The molecule has 1 aromatic carbocycles. The smallest absolute Gasteiger partial charge is 0.270 e. The Kier molecular flexibility index (Phi) is 4.66. The van der Waals surface area contributed by atoms with Gasteiger partial charge in [-0.05, 0) is 29.8 Å². The van der Waals surface area contributed by atoms with Crippen molar-refractivity contribution in [3.05, 3.63) is 57.7 Å². The van der Waals surface area contributed by atoms with Gasteiger partial charge in [-0.3, -0.25) is 9.52 Å². The number of aromatic hydroxyl groups is 1. The number of sulfonamides is 1. The first kappa shape index (κ1) is 19.2. The zero-order valence-electron chi connectivity index (χ0n) is 14.9. The van der Waals surface area contributed by atoms with Crippen molar-refractivity contribution in [1.29, 1.82) is 5.26 Å². The lowest BCUT2D eigenvalue weighted by Gasteiger charge is -2.04. The average Bonchev–Trinajstić information content (AvgIpc) is 3.28. The van der Waals surface area contributed by atoms with E-state index in [2.05, 4.69) is 9.71 Å². The molecule has 3 aromatic heterocycles. The van der Waals surface area contributed by atoms with Crippen molar-refractivity contribution in [2.24, 2.45) is 0 Å². The number of nitriles is 1. The number of aromatic amines is 1. The molecule has 0 aliphatic carbocycles. The number of H-pyrrole nitrogens is 1. The highest BCUT2D eigenvalue weighted by Gasteiger charge is 2.18. The SMILES string of the molecule is CS(=O)(=O)Nc1ccc(-c2ccc(-c3csc4[nH]c(=O)c(C#N)c(O)c34)s2)cc1. The minimum absolute atomic E-state index is 0.303. The lowest BCUT2D eigenvalue weighted by atomic mass is 10.1. The van der Waals surface area contributed by atoms with Gasteiger partial charge in [-0.1, -0.05) is 12.1 Å². The van der Waals surface area contributed by atoms with E-state index in [-0.39, 0.29) is 11.3 Å². The van der Waals surface area contributed by atoms with E-state index in [4.69, 9.17) is 5.26 Å². The fourth-order valence-corrected chi connectivity index (χ4v) is 5.55. The van der Waals surface area contributed by atoms with Crippen molar-refractivity contribution in [2.45, 2.75) is 0 Å². The van der Waals surface area contributed by atoms with Crippen molar-refractivity contribution in [3.63, 3.8) is 0 Å². The normalized spacial score (nSPS) is 11.4. The van der Waals surface area contributed by atoms with Crippen molar-refractivity contribution >= 4 is 48.6 Å². The number of nitrogens with one attached hydrogen (secondary N) is 2. The zero-order chi connectivity index (χ0) is 20.8. The number of rotatable bonds is 4. The molecule has 0 radical (unpaired) electrons. The molecule has 10 heteroatoms. The molecule has 29 heavy (non-hydrogen) atoms. The standard InChI is InChI=1S/C19H13N3O4S3/c1-29(25,26)22-11-4-2-10(3-5-11)14-6-7-15(28-14)13-9-27-19-16(13)17(23)12(8-20)18(24)21-19/h2-7,9,22H,1H3,(H2,21,23,24). The van der Waals surface area contributed by atoms with Gasteiger partial charge in [-0.15, -0.1) is 22.7 Å². The summed E-state index contributed by atoms with van der Waals surface area (Å²) in [6.45, 7) is 0. The highest BCUT2D eigenvalue weighted by molar-refractivity contribution is 7.92. The van der Waals surface area contributed by atoms with Crippen LogP contribution in [-0.4, -0.2) is 24.8 Å². The van der Waals surface area contributed by atoms with Gasteiger partial charge in [-0.2, -0.15) is 5.26 Å². The first-order valence-corrected chi connectivity index (χ1v) is 11.8. The topological polar surface area (TPSA) is 123 Å². The molecule has 4 aromatic rings. The molecule has 7 nitrogen and oxygen atoms in total. The molecule has 0 fully saturated rings. The Morgan fingerprint density at radius 3 is 2.48 bits per heavy atom. The summed E-state index contributed by atoms with van der Waals surface area (Å²) in [5.41, 5.74) is 1.22. The third kappa shape index (κ3) is 3.63. The fraction of sp³-hybridized carbons (Fsp3) is 0.0526. The Bertz CT molecular complexity index is 1440. The number of pyridine rings is 1. The van der Waals surface area contributed by atoms with Crippen LogP contribution >= 0.6 is 22.7 Å². The van der Waals surface area contributed by atoms with Crippen LogP contribution in [0.1, 0.15) is 5.56 Å². The number of nitrogens with zero attached hydrogens (tertiary/aromatic N) is 1. The van der Waals surface area contributed by atoms with Gasteiger partial charge < -0.3 is 10.1 Å². The van der Waals surface area contributed by atoms with Crippen LogP contribution in [0.25, 0.3) is 31.1 Å². The molecule has 3 heterocycles. The highest BCUT2D eigenvalue weighted by Crippen LogP contribution is 2.43. The third-order valence-corrected chi connectivity index (χ3v) is 6.84. The first-order chi connectivity index (χ1) is 13.8. The largest absolute Gasteiger partial charge is 0.506 e. The lowest BCUT2D eigenvalue weighted by molar-refractivity contribution is 0.479. The molecule has 0 aliphatic heterocycles. The summed E-state index contributed by atoms with van der Waals surface area (Å²) in [7, 11) is -3.33. The third-order valence-electron chi connectivity index (χ3n) is 4.17. The highest BCUT2D eigenvalue weighted by atomic mass is 32.2. The monoisotopic (exact) mass is 443 g/mol. The summed E-state index contributed by atoms with van der Waals surface area (Å²) >= 11 is 2.77. The molecule has 0 aliphatic rings. The molecule has 0 saturated heterocycles. The van der Waals surface area contributed by atoms with Gasteiger partial charge in [0.15, 0.2) is 5.56 Å². The second kappa shape index (κ2) is 7.04. The van der Waals surface area contributed by atoms with Crippen LogP contribution in [0.2, 0.25) is 0 Å². The predicted molar refractivity (Wildman–Crippen MR) is 116 cm³/mol. The van der Waals surface area contributed by atoms with E-state index in [0.29, 0.717) is 15.9 Å². The van der Waals surface area contributed by atoms with Crippen LogP contribution in [-0.2, 0) is 10.0 Å². The molecular weight excluding hydrogens is 430 g/mol. The van der Waals surface area contributed by atoms with E-state index < -0.39 is 15.6 Å². The maximum Gasteiger partial charge on any atom is 0.270 e. The molecule has 0 amide bonds. The quantitative estimate of drug-likeness (QED) is 0.441. The number of anilines is 1. The first-order valence-electron chi connectivity index (χ1n) is 8.22. The lowest BCUT2D eigenvalue weighted by Crippen LogP contribution is -2.09. The molecule has 0 saturated carbocycles. The summed E-state index contributed by atoms with van der Waals surface area (Å²) in [5.74, 6) is -0.311. The number of aromatic nitrogens is 1. The van der Waals surface area contributed by atoms with Crippen LogP contribution in [0.15, 0.2) is 46.6 Å². The fourth-order valence-electron chi connectivity index (χ4n) is 2.92. The predicted octanol–water partition coefficient (Wildman–Crippen LogP) is 3.93. The van der Waals surface area contributed by atoms with Crippen molar-refractivity contribution in [1.82, 2.24) is 4.98 Å². The molecule has 0 bridgehead atoms. The second-order valence-electron chi connectivity index (χ2n) is 6.26. The second-order valence-corrected chi connectivity index (χ2v) is 9.97. The summed E-state index contributed by atoms with van der Waals surface area (Å²) < 4.78 is 25.1. The van der Waals surface area contributed by atoms with E-state index in [1.807, 2.05) is 29.6 Å². The van der Waals surface area contributed by atoms with Crippen molar-refractivity contribution in [3.8, 4) is 32.7 Å². The van der Waals surface area contributed by atoms with E-state index in [1.54, 1.807) is 18.2 Å². The molecule has 146 valence electrons. The maximum absolute atomic E-state index is 11.9. The van der Waals surface area contributed by atoms with E-state index in [1.165, 1.54) is 22.7 Å². The minimum Gasteiger partial charge on any atom is -0.506 e. The van der Waals surface area contributed by atoms with Gasteiger partial charge in [-0.25, -0.2) is 8.42 Å². The van der Waals surface area contributed by atoms with Gasteiger partial charge in [0.2, 0.25) is 10.0 Å². The van der Waals surface area contributed by atoms with Crippen molar-refractivity contribution < 1.29 is 13.5 Å². The van der Waals surface area contributed by atoms with Gasteiger partial charge in [0.1, 0.15) is 16.6 Å². The summed E-state index contributed by atoms with van der Waals surface area (Å²) in [5, 5.41) is 21.8. The molecule has 3 N–H and O–H groups in total. The number of hydrogen-bond donors (Lipinski definition) is 3. The van der Waals surface area contributed by atoms with Gasteiger partial charge in [0.25, 0.3) is 5.56 Å². The van der Waals surface area contributed by atoms with Crippen molar-refractivity contribution in [2.75, 3.05) is 11.0 Å². The Morgan fingerprint density at radius 1 is 1.14 bits per heavy atom. The summed E-state index contributed by atoms with van der Waals surface area (Å²) in [6, 6.07) is 12.6. The van der Waals surface area contributed by atoms with Crippen LogP contribution in [0.3, 0.4) is 0 Å². The number of benzene rings is 1. The van der Waals surface area contributed by atoms with Crippen LogP contribution < -0.4 is 10.3 Å². The van der Waals surface area contributed by atoms with Crippen LogP contribution in [0, 0.1) is 11.3 Å². The Hall–Kier alpha value is -3.13. The molecule has 0 unspecified atom stereocenters. The molecule has 4 rings (SSSR count). The van der Waals surface area contributed by atoms with Gasteiger partial charge >= 0.3 is 0 Å². The van der Waals surface area contributed by atoms with Gasteiger partial charge in [0, 0.05) is 26.4 Å². The molecular formula is C19H13N3O4S3. The Morgan fingerprint density at radius 2 is 1.83 bits per heavy atom. The van der Waals surface area contributed by atoms with E-state index in [0.717, 1.165) is 27.1 Å². The number of fused-ring (bicyclic) bond motifs is 1. The molecule has 0 atom stereocenters. The number of hydrogen-bond acceptors (Lipinski definition) is 7. The van der Waals surface area contributed by atoms with Crippen LogP contribution in [0.5, 0.6) is 5.75 Å². The molecule has 0 spiro atoms. The van der Waals surface area contributed by atoms with E-state index in [9.17, 15) is 18.3 Å². The maximum atomic E-state index is 11.9.